The van der Waals surface area contributed by atoms with Gasteiger partial charge in [-0.15, -0.1) is 0 Å². The molecule has 1 aromatic carbocycles. The first-order valence-corrected chi connectivity index (χ1v) is 5.33. The zero-order chi connectivity index (χ0) is 12.1. The van der Waals surface area contributed by atoms with Gasteiger partial charge in [0.1, 0.15) is 0 Å². The van der Waals surface area contributed by atoms with E-state index in [0.29, 0.717) is 0 Å². The molecule has 0 fully saturated rings. The molecule has 2 heterocycles. The molecule has 0 aromatic heterocycles. The van der Waals surface area contributed by atoms with Gasteiger partial charge in [0.25, 0.3) is 0 Å². The number of rotatable bonds is 2. The number of carbonyl (C=O) groups excluding carboxylic acids is 1. The summed E-state index contributed by atoms with van der Waals surface area (Å²) >= 11 is 0. The molecule has 3 rings (SSSR count). The molecule has 4 heteroatoms. The predicted octanol–water partition coefficient (Wildman–Crippen LogP) is 1.45. The minimum atomic E-state index is -1.15. The van der Waals surface area contributed by atoms with Crippen LogP contribution in [0, 0.1) is 0 Å². The zero-order valence-corrected chi connectivity index (χ0v) is 9.60. The van der Waals surface area contributed by atoms with Crippen LogP contribution in [0.2, 0.25) is 0 Å². The molecule has 0 saturated carbocycles. The maximum atomic E-state index is 12.0. The molecule has 0 amide bonds. The van der Waals surface area contributed by atoms with E-state index in [2.05, 4.69) is 0 Å². The fourth-order valence-corrected chi connectivity index (χ4v) is 2.53. The second-order valence-electron chi connectivity index (χ2n) is 4.08. The zero-order valence-electron chi connectivity index (χ0n) is 9.60. The number of benzene rings is 1. The third-order valence-corrected chi connectivity index (χ3v) is 3.34. The first-order chi connectivity index (χ1) is 8.18. The minimum Gasteiger partial charge on any atom is -0.466 e. The Morgan fingerprint density at radius 1 is 1.18 bits per heavy atom. The maximum absolute atomic E-state index is 12.0. The highest BCUT2D eigenvalue weighted by Gasteiger charge is 2.61. The normalized spacial score (nSPS) is 32.6. The summed E-state index contributed by atoms with van der Waals surface area (Å²) in [6.07, 6.45) is 3.46. The van der Waals surface area contributed by atoms with E-state index in [9.17, 15) is 4.79 Å². The minimum absolute atomic E-state index is 0.433. The monoisotopic (exact) mass is 232 g/mol. The third-order valence-electron chi connectivity index (χ3n) is 3.34. The highest BCUT2D eigenvalue weighted by atomic mass is 16.7. The number of fused-ring (bicyclic) bond motifs is 5. The molecule has 0 spiro atoms. The lowest BCUT2D eigenvalue weighted by Crippen LogP contribution is -2.34. The van der Waals surface area contributed by atoms with E-state index in [1.165, 1.54) is 7.11 Å². The molecular formula is C13H12O4. The summed E-state index contributed by atoms with van der Waals surface area (Å²) in [6, 6.07) is 7.51. The Labute approximate surface area is 98.8 Å². The topological polar surface area (TPSA) is 44.8 Å². The molecular weight excluding hydrogens is 220 g/mol. The lowest BCUT2D eigenvalue weighted by Gasteiger charge is -2.22. The van der Waals surface area contributed by atoms with Crippen LogP contribution < -0.4 is 0 Å². The highest BCUT2D eigenvalue weighted by molar-refractivity contribution is 5.87. The Morgan fingerprint density at radius 2 is 1.88 bits per heavy atom. The summed E-state index contributed by atoms with van der Waals surface area (Å²) in [5.41, 5.74) is 0.494. The smallest absolute Gasteiger partial charge is 0.347 e. The van der Waals surface area contributed by atoms with Crippen LogP contribution in [-0.4, -0.2) is 20.2 Å². The Hall–Kier alpha value is -1.65. The summed E-state index contributed by atoms with van der Waals surface area (Å²) in [7, 11) is 2.90. The van der Waals surface area contributed by atoms with Crippen molar-refractivity contribution in [2.24, 2.45) is 0 Å². The van der Waals surface area contributed by atoms with E-state index < -0.39 is 17.4 Å². The van der Waals surface area contributed by atoms with Crippen LogP contribution in [0.15, 0.2) is 36.4 Å². The largest absolute Gasteiger partial charge is 0.466 e. The molecule has 2 atom stereocenters. The average Bonchev–Trinajstić information content (AvgIpc) is 2.92. The van der Waals surface area contributed by atoms with Crippen LogP contribution in [0.1, 0.15) is 11.1 Å². The van der Waals surface area contributed by atoms with Gasteiger partial charge in [-0.25, -0.2) is 4.79 Å². The fourth-order valence-electron chi connectivity index (χ4n) is 2.53. The molecule has 0 N–H and O–H groups in total. The molecule has 0 aliphatic carbocycles. The number of hydrogen-bond acceptors (Lipinski definition) is 4. The van der Waals surface area contributed by atoms with Gasteiger partial charge in [-0.05, 0) is 12.2 Å². The first kappa shape index (κ1) is 10.5. The molecule has 2 bridgehead atoms. The fraction of sp³-hybridized carbons (Fsp3) is 0.308. The molecule has 1 aromatic rings. The summed E-state index contributed by atoms with van der Waals surface area (Å²) in [5, 5.41) is 0. The van der Waals surface area contributed by atoms with E-state index >= 15 is 0 Å². The molecule has 0 radical (unpaired) electrons. The SMILES string of the molecule is COC(=O)C12C=CC(OC)(O1)c1ccccc12. The Bertz CT molecular complexity index is 522. The summed E-state index contributed by atoms with van der Waals surface area (Å²) in [4.78, 5) is 12.0. The average molecular weight is 232 g/mol. The number of esters is 1. The van der Waals surface area contributed by atoms with Gasteiger partial charge in [-0.3, -0.25) is 0 Å². The number of carbonyl (C=O) groups is 1. The Balaban J connectivity index is 2.24. The van der Waals surface area contributed by atoms with Crippen LogP contribution in [0.3, 0.4) is 0 Å². The predicted molar refractivity (Wildman–Crippen MR) is 59.0 cm³/mol. The lowest BCUT2D eigenvalue weighted by molar-refractivity contribution is -0.224. The van der Waals surface area contributed by atoms with Crippen molar-refractivity contribution in [3.8, 4) is 0 Å². The van der Waals surface area contributed by atoms with Crippen molar-refractivity contribution in [2.75, 3.05) is 14.2 Å². The van der Waals surface area contributed by atoms with Crippen molar-refractivity contribution in [3.63, 3.8) is 0 Å². The summed E-state index contributed by atoms with van der Waals surface area (Å²) in [6.45, 7) is 0. The maximum Gasteiger partial charge on any atom is 0.347 e. The number of hydrogen-bond donors (Lipinski definition) is 0. The second kappa shape index (κ2) is 3.18. The van der Waals surface area contributed by atoms with Crippen LogP contribution >= 0.6 is 0 Å². The summed E-state index contributed by atoms with van der Waals surface area (Å²) < 4.78 is 16.1. The van der Waals surface area contributed by atoms with Gasteiger partial charge in [0.2, 0.25) is 11.4 Å². The molecule has 4 nitrogen and oxygen atoms in total. The number of ether oxygens (including phenoxy) is 3. The van der Waals surface area contributed by atoms with Crippen molar-refractivity contribution in [2.45, 2.75) is 11.4 Å². The quantitative estimate of drug-likeness (QED) is 0.572. The molecule has 2 aliphatic rings. The highest BCUT2D eigenvalue weighted by Crippen LogP contribution is 2.54. The Morgan fingerprint density at radius 3 is 2.53 bits per heavy atom. The van der Waals surface area contributed by atoms with Crippen molar-refractivity contribution < 1.29 is 19.0 Å². The van der Waals surface area contributed by atoms with E-state index in [1.807, 2.05) is 24.3 Å². The second-order valence-corrected chi connectivity index (χ2v) is 4.08. The van der Waals surface area contributed by atoms with Crippen molar-refractivity contribution in [1.82, 2.24) is 0 Å². The van der Waals surface area contributed by atoms with Crippen molar-refractivity contribution in [1.29, 1.82) is 0 Å². The van der Waals surface area contributed by atoms with Crippen LogP contribution in [0.25, 0.3) is 0 Å². The van der Waals surface area contributed by atoms with E-state index in [4.69, 9.17) is 14.2 Å². The van der Waals surface area contributed by atoms with Gasteiger partial charge >= 0.3 is 5.97 Å². The van der Waals surface area contributed by atoms with Crippen LogP contribution in [0.5, 0.6) is 0 Å². The van der Waals surface area contributed by atoms with Crippen LogP contribution in [-0.2, 0) is 30.4 Å². The van der Waals surface area contributed by atoms with Gasteiger partial charge in [0, 0.05) is 18.2 Å². The lowest BCUT2D eigenvalue weighted by atomic mass is 9.86. The molecule has 2 aliphatic heterocycles. The molecule has 17 heavy (non-hydrogen) atoms. The standard InChI is InChI=1S/C13H12O4/c1-15-11(14)12-7-8-13(16-2,17-12)10-6-4-3-5-9(10)12/h3-8H,1-2H3. The first-order valence-electron chi connectivity index (χ1n) is 5.33. The van der Waals surface area contributed by atoms with E-state index in [1.54, 1.807) is 19.3 Å². The molecule has 88 valence electrons. The molecule has 0 saturated heterocycles. The Kier molecular flexibility index (Phi) is 1.97. The third kappa shape index (κ3) is 1.06. The summed E-state index contributed by atoms with van der Waals surface area (Å²) in [5.74, 6) is -1.39. The van der Waals surface area contributed by atoms with Crippen LogP contribution in [0.4, 0.5) is 0 Å². The molecule has 2 unspecified atom stereocenters. The van der Waals surface area contributed by atoms with Crippen molar-refractivity contribution >= 4 is 5.97 Å². The van der Waals surface area contributed by atoms with E-state index in [0.717, 1.165) is 11.1 Å². The van der Waals surface area contributed by atoms with Gasteiger partial charge in [0.15, 0.2) is 0 Å². The number of methoxy groups -OCH3 is 2. The van der Waals surface area contributed by atoms with E-state index in [-0.39, 0.29) is 0 Å². The van der Waals surface area contributed by atoms with Gasteiger partial charge in [-0.1, -0.05) is 24.3 Å². The van der Waals surface area contributed by atoms with Gasteiger partial charge < -0.3 is 14.2 Å². The van der Waals surface area contributed by atoms with Gasteiger partial charge in [0.05, 0.1) is 7.11 Å². The van der Waals surface area contributed by atoms with Gasteiger partial charge in [-0.2, -0.15) is 0 Å². The van der Waals surface area contributed by atoms with Crippen molar-refractivity contribution in [3.05, 3.63) is 47.5 Å².